The maximum Gasteiger partial charge on any atom is 0.128 e. The number of ether oxygens (including phenoxy) is 1. The van der Waals surface area contributed by atoms with Crippen LogP contribution in [0, 0.1) is 11.7 Å². The topological polar surface area (TPSA) is 12.5 Å². The molecular weight excluding hydrogens is 313 g/mol. The zero-order valence-electron chi connectivity index (χ0n) is 15.2. The van der Waals surface area contributed by atoms with E-state index in [4.69, 9.17) is 4.74 Å². The van der Waals surface area contributed by atoms with Gasteiger partial charge in [0.2, 0.25) is 0 Å². The van der Waals surface area contributed by atoms with E-state index in [0.29, 0.717) is 24.1 Å². The fourth-order valence-corrected chi connectivity index (χ4v) is 4.08. The fourth-order valence-electron chi connectivity index (χ4n) is 4.08. The summed E-state index contributed by atoms with van der Waals surface area (Å²) in [5, 5.41) is 0. The summed E-state index contributed by atoms with van der Waals surface area (Å²) in [4.78, 5) is 2.30. The van der Waals surface area contributed by atoms with E-state index in [1.54, 1.807) is 6.07 Å². The first-order chi connectivity index (χ1) is 12.2. The van der Waals surface area contributed by atoms with Gasteiger partial charge in [-0.2, -0.15) is 0 Å². The molecule has 0 aliphatic heterocycles. The Labute approximate surface area is 150 Å². The van der Waals surface area contributed by atoms with Gasteiger partial charge in [-0.25, -0.2) is 4.39 Å². The third-order valence-corrected chi connectivity index (χ3v) is 5.27. The quantitative estimate of drug-likeness (QED) is 0.716. The van der Waals surface area contributed by atoms with Crippen LogP contribution in [0.2, 0.25) is 0 Å². The Kier molecular flexibility index (Phi) is 6.22. The number of rotatable bonds is 6. The van der Waals surface area contributed by atoms with Crippen molar-refractivity contribution >= 4 is 0 Å². The van der Waals surface area contributed by atoms with E-state index in [1.165, 1.54) is 24.5 Å². The molecule has 1 saturated carbocycles. The second-order valence-electron chi connectivity index (χ2n) is 7.21. The Morgan fingerprint density at radius 1 is 1.00 bits per heavy atom. The van der Waals surface area contributed by atoms with Crippen molar-refractivity contribution in [2.24, 2.45) is 5.92 Å². The van der Waals surface area contributed by atoms with Crippen LogP contribution in [0.5, 0.6) is 0 Å². The highest BCUT2D eigenvalue weighted by molar-refractivity contribution is 5.20. The van der Waals surface area contributed by atoms with Gasteiger partial charge in [0.25, 0.3) is 0 Å². The van der Waals surface area contributed by atoms with Crippen LogP contribution in [-0.2, 0) is 11.3 Å². The highest BCUT2D eigenvalue weighted by atomic mass is 19.1. The van der Waals surface area contributed by atoms with Gasteiger partial charge in [-0.05, 0) is 38.6 Å². The van der Waals surface area contributed by atoms with E-state index in [2.05, 4.69) is 49.3 Å². The van der Waals surface area contributed by atoms with E-state index in [9.17, 15) is 4.39 Å². The van der Waals surface area contributed by atoms with Gasteiger partial charge >= 0.3 is 0 Å². The molecule has 0 heterocycles. The zero-order chi connectivity index (χ0) is 17.6. The van der Waals surface area contributed by atoms with Gasteiger partial charge in [0.1, 0.15) is 5.82 Å². The van der Waals surface area contributed by atoms with E-state index >= 15 is 0 Å². The van der Waals surface area contributed by atoms with Crippen molar-refractivity contribution in [3.8, 4) is 0 Å². The normalized spacial score (nSPS) is 22.1. The summed E-state index contributed by atoms with van der Waals surface area (Å²) >= 11 is 0. The first kappa shape index (κ1) is 18.1. The Balaban J connectivity index is 1.76. The van der Waals surface area contributed by atoms with Crippen LogP contribution in [0.15, 0.2) is 54.6 Å². The lowest BCUT2D eigenvalue weighted by molar-refractivity contribution is -0.0471. The Bertz CT molecular complexity index is 658. The summed E-state index contributed by atoms with van der Waals surface area (Å²) < 4.78 is 20.2. The maximum absolute atomic E-state index is 13.9. The number of hydrogen-bond donors (Lipinski definition) is 0. The summed E-state index contributed by atoms with van der Waals surface area (Å²) in [6.07, 6.45) is 4.80. The highest BCUT2D eigenvalue weighted by Crippen LogP contribution is 2.39. The Morgan fingerprint density at radius 2 is 1.68 bits per heavy atom. The monoisotopic (exact) mass is 341 g/mol. The van der Waals surface area contributed by atoms with Crippen LogP contribution >= 0.6 is 0 Å². The van der Waals surface area contributed by atoms with Crippen LogP contribution < -0.4 is 0 Å². The van der Waals surface area contributed by atoms with E-state index in [0.717, 1.165) is 12.8 Å². The number of benzene rings is 2. The van der Waals surface area contributed by atoms with Crippen molar-refractivity contribution in [2.75, 3.05) is 14.1 Å². The number of hydrogen-bond acceptors (Lipinski definition) is 2. The second kappa shape index (κ2) is 8.59. The zero-order valence-corrected chi connectivity index (χ0v) is 15.2. The lowest BCUT2D eigenvalue weighted by Gasteiger charge is -2.40. The molecule has 0 N–H and O–H groups in total. The van der Waals surface area contributed by atoms with Crippen molar-refractivity contribution in [3.05, 3.63) is 71.5 Å². The van der Waals surface area contributed by atoms with Gasteiger partial charge in [-0.3, -0.25) is 0 Å². The molecule has 1 aliphatic carbocycles. The average Bonchev–Trinajstić information content (AvgIpc) is 2.63. The fraction of sp³-hybridized carbons (Fsp3) is 0.455. The largest absolute Gasteiger partial charge is 0.373 e. The molecule has 134 valence electrons. The SMILES string of the molecule is CN(C)C(c1ccccc1)C1CCCCC1OCc1ccccc1F. The standard InChI is InChI=1S/C22H28FNO/c1-24(2)22(17-10-4-3-5-11-17)19-13-7-9-15-21(19)25-16-18-12-6-8-14-20(18)23/h3-6,8,10-12,14,19,21-22H,7,9,13,15-16H2,1-2H3. The molecule has 0 aromatic heterocycles. The molecule has 2 aromatic carbocycles. The Morgan fingerprint density at radius 3 is 2.40 bits per heavy atom. The lowest BCUT2D eigenvalue weighted by atomic mass is 9.78. The van der Waals surface area contributed by atoms with E-state index < -0.39 is 0 Å². The highest BCUT2D eigenvalue weighted by Gasteiger charge is 2.34. The molecule has 2 nitrogen and oxygen atoms in total. The van der Waals surface area contributed by atoms with Crippen LogP contribution in [0.25, 0.3) is 0 Å². The van der Waals surface area contributed by atoms with Crippen molar-refractivity contribution in [2.45, 2.75) is 44.4 Å². The molecule has 0 amide bonds. The first-order valence-corrected chi connectivity index (χ1v) is 9.23. The van der Waals surface area contributed by atoms with Gasteiger partial charge in [-0.1, -0.05) is 61.4 Å². The lowest BCUT2D eigenvalue weighted by Crippen LogP contribution is -2.38. The predicted molar refractivity (Wildman–Crippen MR) is 99.8 cm³/mol. The second-order valence-corrected chi connectivity index (χ2v) is 7.21. The predicted octanol–water partition coefficient (Wildman–Crippen LogP) is 5.20. The summed E-state index contributed by atoms with van der Waals surface area (Å²) in [5.74, 6) is 0.250. The molecule has 0 spiro atoms. The number of halogens is 1. The molecule has 3 atom stereocenters. The van der Waals surface area contributed by atoms with Gasteiger partial charge in [0.15, 0.2) is 0 Å². The summed E-state index contributed by atoms with van der Waals surface area (Å²) in [6, 6.07) is 17.9. The molecule has 1 aliphatic rings. The maximum atomic E-state index is 13.9. The van der Waals surface area contributed by atoms with E-state index in [-0.39, 0.29) is 11.9 Å². The van der Waals surface area contributed by atoms with Gasteiger partial charge in [0, 0.05) is 17.5 Å². The summed E-state index contributed by atoms with van der Waals surface area (Å²) in [6.45, 7) is 0.350. The molecule has 0 radical (unpaired) electrons. The summed E-state index contributed by atoms with van der Waals surface area (Å²) in [7, 11) is 4.28. The van der Waals surface area contributed by atoms with Crippen molar-refractivity contribution in [3.63, 3.8) is 0 Å². The molecule has 0 saturated heterocycles. The molecule has 3 rings (SSSR count). The third kappa shape index (κ3) is 4.47. The average molecular weight is 341 g/mol. The van der Waals surface area contributed by atoms with Gasteiger partial charge < -0.3 is 9.64 Å². The molecule has 0 bridgehead atoms. The van der Waals surface area contributed by atoms with Crippen LogP contribution in [0.4, 0.5) is 4.39 Å². The van der Waals surface area contributed by atoms with Crippen LogP contribution in [0.3, 0.4) is 0 Å². The smallest absolute Gasteiger partial charge is 0.128 e. The van der Waals surface area contributed by atoms with Gasteiger partial charge in [-0.15, -0.1) is 0 Å². The molecule has 3 unspecified atom stereocenters. The third-order valence-electron chi connectivity index (χ3n) is 5.27. The number of nitrogens with zero attached hydrogens (tertiary/aromatic N) is 1. The first-order valence-electron chi connectivity index (χ1n) is 9.23. The summed E-state index contributed by atoms with van der Waals surface area (Å²) in [5.41, 5.74) is 1.98. The van der Waals surface area contributed by atoms with E-state index in [1.807, 2.05) is 12.1 Å². The van der Waals surface area contributed by atoms with Crippen LogP contribution in [-0.4, -0.2) is 25.1 Å². The van der Waals surface area contributed by atoms with Crippen molar-refractivity contribution in [1.29, 1.82) is 0 Å². The molecular formula is C22H28FNO. The minimum absolute atomic E-state index is 0.168. The molecule has 1 fully saturated rings. The molecule has 25 heavy (non-hydrogen) atoms. The van der Waals surface area contributed by atoms with Gasteiger partial charge in [0.05, 0.1) is 12.7 Å². The van der Waals surface area contributed by atoms with Crippen molar-refractivity contribution in [1.82, 2.24) is 4.90 Å². The minimum Gasteiger partial charge on any atom is -0.373 e. The van der Waals surface area contributed by atoms with Crippen LogP contribution in [0.1, 0.15) is 42.9 Å². The molecule has 3 heteroatoms. The Hall–Kier alpha value is -1.71. The molecule has 2 aromatic rings. The van der Waals surface area contributed by atoms with Crippen molar-refractivity contribution < 1.29 is 9.13 Å². The minimum atomic E-state index is -0.179.